The van der Waals surface area contributed by atoms with Crippen molar-refractivity contribution in [3.05, 3.63) is 41.6 Å². The second-order valence-electron chi connectivity index (χ2n) is 4.16. The van der Waals surface area contributed by atoms with Gasteiger partial charge in [-0.2, -0.15) is 0 Å². The van der Waals surface area contributed by atoms with Gasteiger partial charge < -0.3 is 11.5 Å². The summed E-state index contributed by atoms with van der Waals surface area (Å²) in [5.41, 5.74) is 15.6. The van der Waals surface area contributed by atoms with E-state index in [4.69, 9.17) is 11.5 Å². The zero-order valence-corrected chi connectivity index (χ0v) is 10.0. The van der Waals surface area contributed by atoms with Gasteiger partial charge in [0, 0.05) is 17.8 Å². The number of nitrogens with two attached hydrogens (primary N) is 2. The van der Waals surface area contributed by atoms with Gasteiger partial charge in [0.2, 0.25) is 5.95 Å². The topological polar surface area (TPSA) is 77.8 Å². The van der Waals surface area contributed by atoms with Crippen molar-refractivity contribution in [1.29, 1.82) is 0 Å². The molecule has 0 amide bonds. The van der Waals surface area contributed by atoms with E-state index in [1.54, 1.807) is 6.20 Å². The quantitative estimate of drug-likeness (QED) is 0.824. The summed E-state index contributed by atoms with van der Waals surface area (Å²) in [5.74, 6) is 0.288. The Bertz CT molecular complexity index is 535. The summed E-state index contributed by atoms with van der Waals surface area (Å²) in [5, 5.41) is 0. The van der Waals surface area contributed by atoms with Gasteiger partial charge in [0.25, 0.3) is 0 Å². The number of rotatable bonds is 2. The number of nitrogens with zero attached hydrogens (tertiary/aromatic N) is 2. The fraction of sp³-hybridized carbons (Fsp3) is 0.231. The molecule has 0 fully saturated rings. The molecule has 0 saturated heterocycles. The van der Waals surface area contributed by atoms with Crippen molar-refractivity contribution in [2.75, 3.05) is 5.73 Å². The van der Waals surface area contributed by atoms with E-state index in [0.29, 0.717) is 0 Å². The number of anilines is 1. The minimum absolute atomic E-state index is 0.0412. The first kappa shape index (κ1) is 11.5. The highest BCUT2D eigenvalue weighted by atomic mass is 15.0. The molecule has 0 aliphatic heterocycles. The average Bonchev–Trinajstić information content (AvgIpc) is 2.28. The smallest absolute Gasteiger partial charge is 0.220 e. The molecule has 1 atom stereocenters. The van der Waals surface area contributed by atoms with Crippen LogP contribution in [-0.4, -0.2) is 9.97 Å². The molecule has 1 unspecified atom stereocenters. The first-order chi connectivity index (χ1) is 8.08. The summed E-state index contributed by atoms with van der Waals surface area (Å²) in [7, 11) is 0. The van der Waals surface area contributed by atoms with Crippen LogP contribution in [0.4, 0.5) is 5.95 Å². The number of hydrogen-bond donors (Lipinski definition) is 2. The summed E-state index contributed by atoms with van der Waals surface area (Å²) in [6.07, 6.45) is 1.66. The number of nitrogen functional groups attached to an aromatic ring is 1. The van der Waals surface area contributed by atoms with Crippen LogP contribution in [0.5, 0.6) is 0 Å². The predicted molar refractivity (Wildman–Crippen MR) is 69.2 cm³/mol. The fourth-order valence-corrected chi connectivity index (χ4v) is 1.88. The molecule has 88 valence electrons. The van der Waals surface area contributed by atoms with Crippen LogP contribution in [0.1, 0.15) is 24.1 Å². The van der Waals surface area contributed by atoms with E-state index in [0.717, 1.165) is 22.4 Å². The van der Waals surface area contributed by atoms with Gasteiger partial charge in [-0.3, -0.25) is 0 Å². The van der Waals surface area contributed by atoms with Gasteiger partial charge >= 0.3 is 0 Å². The van der Waals surface area contributed by atoms with Gasteiger partial charge in [0.05, 0.1) is 5.69 Å². The van der Waals surface area contributed by atoms with Crippen molar-refractivity contribution < 1.29 is 0 Å². The molecule has 2 rings (SSSR count). The highest BCUT2D eigenvalue weighted by Crippen LogP contribution is 2.23. The fourth-order valence-electron chi connectivity index (χ4n) is 1.88. The maximum atomic E-state index is 5.88. The van der Waals surface area contributed by atoms with Crippen molar-refractivity contribution in [3.63, 3.8) is 0 Å². The number of aryl methyl sites for hydroxylation is 1. The number of hydrogen-bond acceptors (Lipinski definition) is 4. The Morgan fingerprint density at radius 3 is 2.59 bits per heavy atom. The first-order valence-electron chi connectivity index (χ1n) is 5.53. The van der Waals surface area contributed by atoms with Crippen LogP contribution in [0.3, 0.4) is 0 Å². The van der Waals surface area contributed by atoms with Crippen LogP contribution >= 0.6 is 0 Å². The lowest BCUT2D eigenvalue weighted by Crippen LogP contribution is -2.06. The Hall–Kier alpha value is -1.94. The van der Waals surface area contributed by atoms with E-state index in [1.807, 2.05) is 32.0 Å². The summed E-state index contributed by atoms with van der Waals surface area (Å²) in [6, 6.07) is 8.00. The first-order valence-corrected chi connectivity index (χ1v) is 5.53. The van der Waals surface area contributed by atoms with Crippen LogP contribution in [0.15, 0.2) is 30.5 Å². The van der Waals surface area contributed by atoms with Crippen LogP contribution in [0.2, 0.25) is 0 Å². The third-order valence-electron chi connectivity index (χ3n) is 2.73. The van der Waals surface area contributed by atoms with E-state index in [2.05, 4.69) is 16.0 Å². The Morgan fingerprint density at radius 2 is 2.00 bits per heavy atom. The van der Waals surface area contributed by atoms with Crippen molar-refractivity contribution in [1.82, 2.24) is 9.97 Å². The third kappa shape index (κ3) is 2.42. The van der Waals surface area contributed by atoms with Gasteiger partial charge in [-0.25, -0.2) is 9.97 Å². The third-order valence-corrected chi connectivity index (χ3v) is 2.73. The molecule has 0 aliphatic carbocycles. The van der Waals surface area contributed by atoms with Gasteiger partial charge in [0.1, 0.15) is 0 Å². The van der Waals surface area contributed by atoms with Crippen molar-refractivity contribution in [2.45, 2.75) is 19.9 Å². The molecule has 1 aromatic heterocycles. The zero-order chi connectivity index (χ0) is 12.4. The molecular formula is C13H16N4. The number of aromatic nitrogens is 2. The van der Waals surface area contributed by atoms with Crippen LogP contribution in [0.25, 0.3) is 11.3 Å². The minimum Gasteiger partial charge on any atom is -0.368 e. The highest BCUT2D eigenvalue weighted by molar-refractivity contribution is 5.61. The molecule has 4 N–H and O–H groups in total. The molecule has 1 heterocycles. The molecule has 17 heavy (non-hydrogen) atoms. The van der Waals surface area contributed by atoms with E-state index in [1.165, 1.54) is 0 Å². The summed E-state index contributed by atoms with van der Waals surface area (Å²) < 4.78 is 0. The van der Waals surface area contributed by atoms with Gasteiger partial charge in [-0.15, -0.1) is 0 Å². The summed E-state index contributed by atoms with van der Waals surface area (Å²) >= 11 is 0. The zero-order valence-electron chi connectivity index (χ0n) is 10.0. The molecule has 0 saturated carbocycles. The SMILES string of the molecule is Cc1cc(-c2ccnc(N)n2)ccc1C(C)N. The largest absolute Gasteiger partial charge is 0.368 e. The normalized spacial score (nSPS) is 12.4. The Balaban J connectivity index is 2.44. The van der Waals surface area contributed by atoms with E-state index in [-0.39, 0.29) is 12.0 Å². The molecule has 0 aliphatic rings. The lowest BCUT2D eigenvalue weighted by atomic mass is 9.99. The van der Waals surface area contributed by atoms with E-state index >= 15 is 0 Å². The lowest BCUT2D eigenvalue weighted by Gasteiger charge is -2.11. The second-order valence-corrected chi connectivity index (χ2v) is 4.16. The van der Waals surface area contributed by atoms with Crippen molar-refractivity contribution in [2.24, 2.45) is 5.73 Å². The number of benzene rings is 1. The molecule has 4 heteroatoms. The molecule has 0 radical (unpaired) electrons. The second kappa shape index (κ2) is 4.51. The Morgan fingerprint density at radius 1 is 1.24 bits per heavy atom. The van der Waals surface area contributed by atoms with Crippen molar-refractivity contribution in [3.8, 4) is 11.3 Å². The maximum Gasteiger partial charge on any atom is 0.220 e. The van der Waals surface area contributed by atoms with Crippen LogP contribution in [-0.2, 0) is 0 Å². The standard InChI is InChI=1S/C13H16N4/c1-8-7-10(3-4-11(8)9(2)14)12-5-6-16-13(15)17-12/h3-7,9H,14H2,1-2H3,(H2,15,16,17). The van der Waals surface area contributed by atoms with Crippen LogP contribution in [0, 0.1) is 6.92 Å². The average molecular weight is 228 g/mol. The lowest BCUT2D eigenvalue weighted by molar-refractivity contribution is 0.810. The molecule has 1 aromatic carbocycles. The molecule has 0 spiro atoms. The molecule has 4 nitrogen and oxygen atoms in total. The summed E-state index contributed by atoms with van der Waals surface area (Å²) in [4.78, 5) is 8.07. The van der Waals surface area contributed by atoms with E-state index in [9.17, 15) is 0 Å². The Labute approximate surface area is 101 Å². The van der Waals surface area contributed by atoms with Crippen LogP contribution < -0.4 is 11.5 Å². The molecular weight excluding hydrogens is 212 g/mol. The van der Waals surface area contributed by atoms with Gasteiger partial charge in [-0.05, 0) is 37.1 Å². The summed E-state index contributed by atoms with van der Waals surface area (Å²) in [6.45, 7) is 4.03. The molecule has 0 bridgehead atoms. The maximum absolute atomic E-state index is 5.88. The van der Waals surface area contributed by atoms with E-state index < -0.39 is 0 Å². The predicted octanol–water partition coefficient (Wildman–Crippen LogP) is 2.05. The Kier molecular flexibility index (Phi) is 3.06. The van der Waals surface area contributed by atoms with Gasteiger partial charge in [0.15, 0.2) is 0 Å². The molecule has 2 aromatic rings. The van der Waals surface area contributed by atoms with Crippen molar-refractivity contribution >= 4 is 5.95 Å². The monoisotopic (exact) mass is 228 g/mol. The van der Waals surface area contributed by atoms with Gasteiger partial charge in [-0.1, -0.05) is 12.1 Å². The minimum atomic E-state index is 0.0412. The highest BCUT2D eigenvalue weighted by Gasteiger charge is 2.06.